The van der Waals surface area contributed by atoms with Crippen molar-refractivity contribution < 1.29 is 9.21 Å². The minimum atomic E-state index is -0.250. The molecule has 0 atom stereocenters. The molecule has 0 saturated carbocycles. The van der Waals surface area contributed by atoms with Crippen molar-refractivity contribution in [2.75, 3.05) is 18.9 Å². The lowest BCUT2D eigenvalue weighted by molar-refractivity contribution is 0.0957. The summed E-state index contributed by atoms with van der Waals surface area (Å²) in [6.45, 7) is 0.675. The van der Waals surface area contributed by atoms with Gasteiger partial charge in [-0.05, 0) is 40.2 Å². The molecule has 0 unspecified atom stereocenters. The first-order valence-corrected chi connectivity index (χ1v) is 6.52. The van der Waals surface area contributed by atoms with Gasteiger partial charge in [-0.25, -0.2) is 0 Å². The number of halogens is 1. The summed E-state index contributed by atoms with van der Waals surface area (Å²) in [5.74, 6) is 1.26. The van der Waals surface area contributed by atoms with Crippen molar-refractivity contribution in [2.24, 2.45) is 0 Å². The van der Waals surface area contributed by atoms with Gasteiger partial charge in [0.2, 0.25) is 0 Å². The van der Waals surface area contributed by atoms with E-state index in [1.807, 2.05) is 12.1 Å². The molecule has 2 heterocycles. The third-order valence-electron chi connectivity index (χ3n) is 2.43. The van der Waals surface area contributed by atoms with Gasteiger partial charge in [0.15, 0.2) is 10.4 Å². The Balaban J connectivity index is 1.84. The fraction of sp³-hybridized carbons (Fsp3) is 0.250. The molecule has 19 heavy (non-hydrogen) atoms. The molecule has 2 aromatic heterocycles. The highest BCUT2D eigenvalue weighted by Gasteiger charge is 2.05. The molecule has 0 aliphatic carbocycles. The fourth-order valence-electron chi connectivity index (χ4n) is 1.48. The minimum Gasteiger partial charge on any atom is -0.454 e. The van der Waals surface area contributed by atoms with Crippen molar-refractivity contribution in [1.29, 1.82) is 0 Å². The molecule has 0 aromatic carbocycles. The Kier molecular flexibility index (Phi) is 4.51. The van der Waals surface area contributed by atoms with Crippen LogP contribution in [0.25, 0.3) is 0 Å². The Hall–Kier alpha value is -1.89. The van der Waals surface area contributed by atoms with Crippen LogP contribution in [0.2, 0.25) is 0 Å². The van der Waals surface area contributed by atoms with Crippen LogP contribution >= 0.6 is 15.9 Å². The molecule has 2 aromatic rings. The summed E-state index contributed by atoms with van der Waals surface area (Å²) in [6, 6.07) is 7.10. The molecule has 100 valence electrons. The first-order chi connectivity index (χ1) is 9.19. The van der Waals surface area contributed by atoms with E-state index in [2.05, 4.69) is 36.8 Å². The zero-order valence-electron chi connectivity index (χ0n) is 10.3. The van der Waals surface area contributed by atoms with Crippen LogP contribution in [-0.4, -0.2) is 29.7 Å². The van der Waals surface area contributed by atoms with Crippen LogP contribution < -0.4 is 10.6 Å². The molecule has 0 saturated heterocycles. The quantitative estimate of drug-likeness (QED) is 0.877. The molecule has 1 amide bonds. The van der Waals surface area contributed by atoms with E-state index < -0.39 is 0 Å². The average molecular weight is 325 g/mol. The van der Waals surface area contributed by atoms with Gasteiger partial charge in [-0.2, -0.15) is 0 Å². The predicted octanol–water partition coefficient (Wildman–Crippen LogP) is 1.85. The Labute approximate surface area is 118 Å². The lowest BCUT2D eigenvalue weighted by atomic mass is 10.3. The number of rotatable bonds is 5. The highest BCUT2D eigenvalue weighted by atomic mass is 79.9. The average Bonchev–Trinajstić information content (AvgIpc) is 2.84. The highest BCUT2D eigenvalue weighted by molar-refractivity contribution is 9.10. The number of amides is 1. The third kappa shape index (κ3) is 3.78. The fourth-order valence-corrected chi connectivity index (χ4v) is 1.82. The Morgan fingerprint density at radius 1 is 1.32 bits per heavy atom. The van der Waals surface area contributed by atoms with Gasteiger partial charge >= 0.3 is 0 Å². The second kappa shape index (κ2) is 6.33. The predicted molar refractivity (Wildman–Crippen MR) is 74.0 cm³/mol. The summed E-state index contributed by atoms with van der Waals surface area (Å²) >= 11 is 3.25. The zero-order chi connectivity index (χ0) is 13.7. The molecule has 0 radical (unpaired) electrons. The van der Waals surface area contributed by atoms with E-state index in [1.54, 1.807) is 19.2 Å². The summed E-state index contributed by atoms with van der Waals surface area (Å²) in [7, 11) is 1.55. The maximum absolute atomic E-state index is 11.3. The van der Waals surface area contributed by atoms with Gasteiger partial charge in [-0.15, -0.1) is 10.2 Å². The molecule has 0 fully saturated rings. The maximum atomic E-state index is 11.3. The smallest absolute Gasteiger partial charge is 0.271 e. The minimum absolute atomic E-state index is 0.250. The summed E-state index contributed by atoms with van der Waals surface area (Å²) in [6.07, 6.45) is 0.741. The highest BCUT2D eigenvalue weighted by Crippen LogP contribution is 2.14. The number of anilines is 1. The number of nitrogens with zero attached hydrogens (tertiary/aromatic N) is 2. The van der Waals surface area contributed by atoms with E-state index >= 15 is 0 Å². The molecular weight excluding hydrogens is 312 g/mol. The van der Waals surface area contributed by atoms with Crippen LogP contribution in [0.4, 0.5) is 5.82 Å². The molecule has 0 spiro atoms. The normalized spacial score (nSPS) is 10.2. The van der Waals surface area contributed by atoms with Gasteiger partial charge in [0.25, 0.3) is 5.91 Å². The van der Waals surface area contributed by atoms with E-state index in [-0.39, 0.29) is 5.91 Å². The van der Waals surface area contributed by atoms with Crippen LogP contribution in [0.3, 0.4) is 0 Å². The van der Waals surface area contributed by atoms with Crippen molar-refractivity contribution in [1.82, 2.24) is 15.5 Å². The third-order valence-corrected chi connectivity index (χ3v) is 2.86. The lowest BCUT2D eigenvalue weighted by Gasteiger charge is -2.04. The second-order valence-electron chi connectivity index (χ2n) is 3.77. The van der Waals surface area contributed by atoms with Crippen molar-refractivity contribution in [3.05, 3.63) is 40.4 Å². The SMILES string of the molecule is CNC(=O)c1ccc(NCCc2ccc(Br)o2)nn1. The first-order valence-electron chi connectivity index (χ1n) is 5.73. The summed E-state index contributed by atoms with van der Waals surface area (Å²) in [5, 5.41) is 13.3. The molecule has 0 bridgehead atoms. The molecule has 2 rings (SSSR count). The van der Waals surface area contributed by atoms with Crippen molar-refractivity contribution in [3.8, 4) is 0 Å². The topological polar surface area (TPSA) is 80.0 Å². The Morgan fingerprint density at radius 3 is 2.74 bits per heavy atom. The largest absolute Gasteiger partial charge is 0.454 e. The van der Waals surface area contributed by atoms with Crippen LogP contribution in [-0.2, 0) is 6.42 Å². The van der Waals surface area contributed by atoms with Crippen LogP contribution in [0.5, 0.6) is 0 Å². The number of carbonyl (C=O) groups excluding carboxylic acids is 1. The van der Waals surface area contributed by atoms with Gasteiger partial charge in [-0.1, -0.05) is 0 Å². The van der Waals surface area contributed by atoms with Gasteiger partial charge in [0, 0.05) is 20.0 Å². The van der Waals surface area contributed by atoms with Gasteiger partial charge in [0.1, 0.15) is 11.6 Å². The first kappa shape index (κ1) is 13.5. The lowest BCUT2D eigenvalue weighted by Crippen LogP contribution is -2.19. The maximum Gasteiger partial charge on any atom is 0.271 e. The van der Waals surface area contributed by atoms with Crippen molar-refractivity contribution in [2.45, 2.75) is 6.42 Å². The Bertz CT molecular complexity index is 553. The van der Waals surface area contributed by atoms with Crippen molar-refractivity contribution in [3.63, 3.8) is 0 Å². The standard InChI is InChI=1S/C12H13BrN4O2/c1-14-12(18)9-3-5-11(17-16-9)15-7-6-8-2-4-10(13)19-8/h2-5H,6-7H2,1H3,(H,14,18)(H,15,17). The van der Waals surface area contributed by atoms with Gasteiger partial charge in [0.05, 0.1) is 0 Å². The van der Waals surface area contributed by atoms with E-state index in [4.69, 9.17) is 4.42 Å². The van der Waals surface area contributed by atoms with Crippen LogP contribution in [0.1, 0.15) is 16.2 Å². The molecule has 6 nitrogen and oxygen atoms in total. The van der Waals surface area contributed by atoms with E-state index in [0.717, 1.165) is 16.9 Å². The zero-order valence-corrected chi connectivity index (χ0v) is 11.9. The number of hydrogen-bond donors (Lipinski definition) is 2. The number of nitrogens with one attached hydrogen (secondary N) is 2. The van der Waals surface area contributed by atoms with Gasteiger partial charge < -0.3 is 15.1 Å². The molecule has 7 heteroatoms. The summed E-state index contributed by atoms with van der Waals surface area (Å²) in [4.78, 5) is 11.3. The number of hydrogen-bond acceptors (Lipinski definition) is 5. The second-order valence-corrected chi connectivity index (χ2v) is 4.55. The molecule has 0 aliphatic rings. The van der Waals surface area contributed by atoms with Crippen LogP contribution in [0.15, 0.2) is 33.4 Å². The molecule has 0 aliphatic heterocycles. The number of carbonyl (C=O) groups is 1. The van der Waals surface area contributed by atoms with Gasteiger partial charge in [-0.3, -0.25) is 4.79 Å². The molecular formula is C12H13BrN4O2. The van der Waals surface area contributed by atoms with E-state index in [1.165, 1.54) is 0 Å². The van der Waals surface area contributed by atoms with Crippen molar-refractivity contribution >= 4 is 27.7 Å². The monoisotopic (exact) mass is 324 g/mol. The Morgan fingerprint density at radius 2 is 2.16 bits per heavy atom. The van der Waals surface area contributed by atoms with E-state index in [0.29, 0.717) is 18.1 Å². The number of aromatic nitrogens is 2. The van der Waals surface area contributed by atoms with E-state index in [9.17, 15) is 4.79 Å². The van der Waals surface area contributed by atoms with Crippen LogP contribution in [0, 0.1) is 0 Å². The number of furan rings is 1. The summed E-state index contributed by atoms with van der Waals surface area (Å²) < 4.78 is 6.09. The summed E-state index contributed by atoms with van der Waals surface area (Å²) in [5.41, 5.74) is 0.294. The molecule has 2 N–H and O–H groups in total.